The fraction of sp³-hybridized carbons (Fsp3) is 0.273. The Morgan fingerprint density at radius 1 is 1.59 bits per heavy atom. The van der Waals surface area contributed by atoms with Crippen LogP contribution in [0.2, 0.25) is 5.02 Å². The van der Waals surface area contributed by atoms with Crippen LogP contribution < -0.4 is 0 Å². The Morgan fingerprint density at radius 3 is 2.76 bits per heavy atom. The van der Waals surface area contributed by atoms with Crippen LogP contribution in [0.25, 0.3) is 0 Å². The molecule has 17 heavy (non-hydrogen) atoms. The molecule has 0 fully saturated rings. The summed E-state index contributed by atoms with van der Waals surface area (Å²) in [6.07, 6.45) is 0.485. The molecule has 3 nitrogen and oxygen atoms in total. The first-order valence-electron chi connectivity index (χ1n) is 4.85. The van der Waals surface area contributed by atoms with Gasteiger partial charge in [0.2, 0.25) is 5.24 Å². The van der Waals surface area contributed by atoms with Crippen molar-refractivity contribution < 1.29 is 14.0 Å². The van der Waals surface area contributed by atoms with E-state index in [1.807, 2.05) is 0 Å². The van der Waals surface area contributed by atoms with Crippen LogP contribution >= 0.6 is 23.2 Å². The van der Waals surface area contributed by atoms with E-state index in [0.29, 0.717) is 0 Å². The van der Waals surface area contributed by atoms with Crippen LogP contribution in [-0.2, 0) is 15.0 Å². The lowest BCUT2D eigenvalue weighted by molar-refractivity contribution is -0.117. The van der Waals surface area contributed by atoms with Gasteiger partial charge in [-0.1, -0.05) is 22.8 Å². The molecule has 2 unspecified atom stereocenters. The van der Waals surface area contributed by atoms with Crippen molar-refractivity contribution in [2.24, 2.45) is 5.16 Å². The summed E-state index contributed by atoms with van der Waals surface area (Å²) in [6.45, 7) is 1.58. The third-order valence-electron chi connectivity index (χ3n) is 2.82. The van der Waals surface area contributed by atoms with E-state index in [-0.39, 0.29) is 10.6 Å². The van der Waals surface area contributed by atoms with Crippen molar-refractivity contribution >= 4 is 34.7 Å². The first-order chi connectivity index (χ1) is 8.00. The Labute approximate surface area is 107 Å². The highest BCUT2D eigenvalue weighted by atomic mass is 35.5. The lowest BCUT2D eigenvalue weighted by Gasteiger charge is -2.26. The molecule has 0 N–H and O–H groups in total. The van der Waals surface area contributed by atoms with Gasteiger partial charge in [0.15, 0.2) is 5.41 Å². The van der Waals surface area contributed by atoms with Crippen LogP contribution in [0.4, 0.5) is 4.39 Å². The van der Waals surface area contributed by atoms with E-state index in [1.165, 1.54) is 24.4 Å². The number of carbonyl (C=O) groups excluding carboxylic acids is 1. The van der Waals surface area contributed by atoms with Crippen LogP contribution in [0.1, 0.15) is 12.5 Å². The van der Waals surface area contributed by atoms with Crippen molar-refractivity contribution in [2.75, 3.05) is 0 Å². The second-order valence-electron chi connectivity index (χ2n) is 3.72. The second-order valence-corrected chi connectivity index (χ2v) is 4.47. The monoisotopic (exact) mass is 275 g/mol. The maximum atomic E-state index is 13.9. The number of rotatable bonds is 2. The van der Waals surface area contributed by atoms with Crippen LogP contribution in [-0.4, -0.2) is 17.6 Å². The third kappa shape index (κ3) is 1.72. The van der Waals surface area contributed by atoms with E-state index in [2.05, 4.69) is 5.16 Å². The Bertz CT molecular complexity index is 486. The molecule has 1 aliphatic rings. The minimum atomic E-state index is -1.47. The van der Waals surface area contributed by atoms with Crippen LogP contribution in [0.15, 0.2) is 23.4 Å². The number of benzene rings is 1. The van der Waals surface area contributed by atoms with Crippen molar-refractivity contribution in [3.05, 3.63) is 34.6 Å². The van der Waals surface area contributed by atoms with Gasteiger partial charge in [-0.25, -0.2) is 4.39 Å². The number of halogens is 3. The van der Waals surface area contributed by atoms with Gasteiger partial charge in [-0.15, -0.1) is 0 Å². The zero-order valence-corrected chi connectivity index (χ0v) is 10.3. The fourth-order valence-corrected chi connectivity index (χ4v) is 2.48. The first-order valence-corrected chi connectivity index (χ1v) is 5.60. The number of nitrogens with zero attached hydrogens (tertiary/aromatic N) is 1. The minimum Gasteiger partial charge on any atom is -0.391 e. The Balaban J connectivity index is 2.71. The Hall–Kier alpha value is -1.13. The summed E-state index contributed by atoms with van der Waals surface area (Å²) < 4.78 is 13.9. The van der Waals surface area contributed by atoms with Gasteiger partial charge in [0.05, 0.1) is 6.21 Å². The predicted octanol–water partition coefficient (Wildman–Crippen LogP) is 2.89. The molecule has 1 aliphatic heterocycles. The van der Waals surface area contributed by atoms with Gasteiger partial charge < -0.3 is 4.84 Å². The predicted molar refractivity (Wildman–Crippen MR) is 63.0 cm³/mol. The smallest absolute Gasteiger partial charge is 0.241 e. The lowest BCUT2D eigenvalue weighted by Crippen LogP contribution is -2.43. The standard InChI is InChI=1S/C11H8Cl2FNO2/c1-6-11(10(13)16,5-15-17-6)9-7(12)3-2-4-8(9)14/h2-6H,1H3. The number of carbonyl (C=O) groups is 1. The normalized spacial score (nSPS) is 26.9. The van der Waals surface area contributed by atoms with Crippen molar-refractivity contribution in [3.63, 3.8) is 0 Å². The van der Waals surface area contributed by atoms with Gasteiger partial charge in [0.25, 0.3) is 0 Å². The van der Waals surface area contributed by atoms with E-state index >= 15 is 0 Å². The van der Waals surface area contributed by atoms with E-state index < -0.39 is 22.6 Å². The molecule has 0 bridgehead atoms. The summed E-state index contributed by atoms with van der Waals surface area (Å²) in [5.74, 6) is -0.615. The maximum Gasteiger partial charge on any atom is 0.241 e. The third-order valence-corrected chi connectivity index (χ3v) is 3.45. The number of hydrogen-bond donors (Lipinski definition) is 0. The van der Waals surface area contributed by atoms with Crippen molar-refractivity contribution in [3.8, 4) is 0 Å². The minimum absolute atomic E-state index is 0.00424. The summed E-state index contributed by atoms with van der Waals surface area (Å²) >= 11 is 11.5. The van der Waals surface area contributed by atoms with Crippen molar-refractivity contribution in [1.29, 1.82) is 0 Å². The molecule has 0 radical (unpaired) electrons. The van der Waals surface area contributed by atoms with E-state index in [1.54, 1.807) is 6.92 Å². The highest BCUT2D eigenvalue weighted by Crippen LogP contribution is 2.39. The average Bonchev–Trinajstić information content (AvgIpc) is 2.61. The molecule has 0 saturated heterocycles. The quantitative estimate of drug-likeness (QED) is 0.779. The van der Waals surface area contributed by atoms with Gasteiger partial charge in [0.1, 0.15) is 11.9 Å². The summed E-state index contributed by atoms with van der Waals surface area (Å²) in [7, 11) is 0. The van der Waals surface area contributed by atoms with Gasteiger partial charge in [-0.3, -0.25) is 4.79 Å². The van der Waals surface area contributed by atoms with Crippen molar-refractivity contribution in [2.45, 2.75) is 18.4 Å². The van der Waals surface area contributed by atoms with Gasteiger partial charge in [-0.05, 0) is 30.7 Å². The van der Waals surface area contributed by atoms with Crippen LogP contribution in [0.3, 0.4) is 0 Å². The number of oxime groups is 1. The summed E-state index contributed by atoms with van der Waals surface area (Å²) in [5.41, 5.74) is -1.47. The zero-order valence-electron chi connectivity index (χ0n) is 8.78. The summed E-state index contributed by atoms with van der Waals surface area (Å²) in [5, 5.41) is 2.88. The van der Waals surface area contributed by atoms with Crippen LogP contribution in [0.5, 0.6) is 0 Å². The largest absolute Gasteiger partial charge is 0.391 e. The molecule has 90 valence electrons. The molecule has 0 spiro atoms. The van der Waals surface area contributed by atoms with Crippen molar-refractivity contribution in [1.82, 2.24) is 0 Å². The lowest BCUT2D eigenvalue weighted by atomic mass is 9.78. The highest BCUT2D eigenvalue weighted by Gasteiger charge is 2.51. The molecule has 6 heteroatoms. The first kappa shape index (κ1) is 12.3. The molecular weight excluding hydrogens is 268 g/mol. The summed E-state index contributed by atoms with van der Waals surface area (Å²) in [4.78, 5) is 16.6. The molecular formula is C11H8Cl2FNO2. The molecule has 0 amide bonds. The molecule has 2 atom stereocenters. The van der Waals surface area contributed by atoms with E-state index in [4.69, 9.17) is 28.0 Å². The second kappa shape index (κ2) is 4.27. The molecule has 0 aromatic heterocycles. The maximum absolute atomic E-state index is 13.9. The van der Waals surface area contributed by atoms with E-state index in [0.717, 1.165) is 0 Å². The van der Waals surface area contributed by atoms with Gasteiger partial charge in [-0.2, -0.15) is 0 Å². The van der Waals surface area contributed by atoms with Crippen LogP contribution in [0, 0.1) is 5.82 Å². The molecule has 0 saturated carbocycles. The molecule has 1 aromatic rings. The highest BCUT2D eigenvalue weighted by molar-refractivity contribution is 6.67. The van der Waals surface area contributed by atoms with Gasteiger partial charge in [0, 0.05) is 10.6 Å². The van der Waals surface area contributed by atoms with E-state index in [9.17, 15) is 9.18 Å². The molecule has 1 aromatic carbocycles. The topological polar surface area (TPSA) is 38.7 Å². The fourth-order valence-electron chi connectivity index (χ4n) is 1.86. The molecule has 2 rings (SSSR count). The Morgan fingerprint density at radius 2 is 2.29 bits per heavy atom. The average molecular weight is 276 g/mol. The zero-order chi connectivity index (χ0) is 12.6. The molecule has 1 heterocycles. The molecule has 0 aliphatic carbocycles. The number of hydrogen-bond acceptors (Lipinski definition) is 3. The Kier molecular flexibility index (Phi) is 3.10. The summed E-state index contributed by atoms with van der Waals surface area (Å²) in [6, 6.07) is 4.15. The van der Waals surface area contributed by atoms with Gasteiger partial charge >= 0.3 is 0 Å². The SMILES string of the molecule is CC1ON=CC1(C(=O)Cl)c1c(F)cccc1Cl.